The molecule has 22 heavy (non-hydrogen) atoms. The van der Waals surface area contributed by atoms with Gasteiger partial charge in [-0.05, 0) is 36.5 Å². The molecule has 0 aliphatic rings. The Bertz CT molecular complexity index is 631. The lowest BCUT2D eigenvalue weighted by atomic mass is 9.90. The molecule has 2 rings (SSSR count). The number of carbonyl (C=O) groups excluding carboxylic acids is 1. The minimum absolute atomic E-state index is 0.0857. The van der Waals surface area contributed by atoms with E-state index in [1.165, 1.54) is 0 Å². The van der Waals surface area contributed by atoms with E-state index >= 15 is 0 Å². The van der Waals surface area contributed by atoms with Crippen LogP contribution in [0.1, 0.15) is 65.7 Å². The first kappa shape index (κ1) is 16.4. The van der Waals surface area contributed by atoms with Crippen molar-refractivity contribution in [1.29, 1.82) is 0 Å². The van der Waals surface area contributed by atoms with Gasteiger partial charge in [0.25, 0.3) is 0 Å². The lowest BCUT2D eigenvalue weighted by Gasteiger charge is -2.15. The quantitative estimate of drug-likeness (QED) is 0.779. The van der Waals surface area contributed by atoms with E-state index in [0.717, 1.165) is 22.3 Å². The minimum Gasteiger partial charge on any atom is -0.324 e. The second-order valence-electron chi connectivity index (χ2n) is 6.22. The third-order valence-corrected chi connectivity index (χ3v) is 4.04. The fourth-order valence-electron chi connectivity index (χ4n) is 2.70. The summed E-state index contributed by atoms with van der Waals surface area (Å²) in [5.41, 5.74) is 10.4. The topological polar surface area (TPSA) is 43.1 Å². The molecule has 1 atom stereocenters. The van der Waals surface area contributed by atoms with E-state index in [0.29, 0.717) is 18.8 Å². The maximum absolute atomic E-state index is 12.6. The molecule has 2 nitrogen and oxygen atoms in total. The smallest absolute Gasteiger partial charge is 0.163 e. The van der Waals surface area contributed by atoms with Crippen LogP contribution in [0, 0.1) is 6.92 Å². The third kappa shape index (κ3) is 4.05. The van der Waals surface area contributed by atoms with E-state index in [1.54, 1.807) is 0 Å². The van der Waals surface area contributed by atoms with Crippen molar-refractivity contribution in [2.75, 3.05) is 0 Å². The SMILES string of the molecule is Cc1ccc(C(C)C)c(C(=O)CC[C@@H](N)c2ccccc2)c1. The zero-order valence-electron chi connectivity index (χ0n) is 13.7. The molecule has 2 aromatic carbocycles. The summed E-state index contributed by atoms with van der Waals surface area (Å²) < 4.78 is 0. The number of ketones is 1. The van der Waals surface area contributed by atoms with E-state index in [4.69, 9.17) is 5.73 Å². The highest BCUT2D eigenvalue weighted by molar-refractivity contribution is 5.97. The van der Waals surface area contributed by atoms with Crippen LogP contribution >= 0.6 is 0 Å². The Balaban J connectivity index is 2.08. The number of nitrogens with two attached hydrogens (primary N) is 1. The van der Waals surface area contributed by atoms with E-state index in [9.17, 15) is 4.79 Å². The number of Topliss-reactive ketones (excluding diaryl/α,β-unsaturated/α-hetero) is 1. The van der Waals surface area contributed by atoms with Crippen molar-refractivity contribution in [2.45, 2.75) is 45.6 Å². The fraction of sp³-hybridized carbons (Fsp3) is 0.350. The number of benzene rings is 2. The summed E-state index contributed by atoms with van der Waals surface area (Å²) in [6, 6.07) is 16.0. The summed E-state index contributed by atoms with van der Waals surface area (Å²) in [6.07, 6.45) is 1.16. The highest BCUT2D eigenvalue weighted by Crippen LogP contribution is 2.24. The van der Waals surface area contributed by atoms with Gasteiger partial charge in [0.05, 0.1) is 0 Å². The lowest BCUT2D eigenvalue weighted by Crippen LogP contribution is -2.13. The predicted octanol–water partition coefficient (Wildman–Crippen LogP) is 4.78. The molecular formula is C20H25NO. The Labute approximate surface area is 133 Å². The first-order valence-corrected chi connectivity index (χ1v) is 7.93. The van der Waals surface area contributed by atoms with Crippen LogP contribution < -0.4 is 5.73 Å². The highest BCUT2D eigenvalue weighted by Gasteiger charge is 2.15. The summed E-state index contributed by atoms with van der Waals surface area (Å²) in [5.74, 6) is 0.543. The maximum atomic E-state index is 12.6. The minimum atomic E-state index is -0.0857. The van der Waals surface area contributed by atoms with Crippen LogP contribution in [0.5, 0.6) is 0 Å². The molecule has 0 saturated heterocycles. The molecule has 0 aliphatic carbocycles. The van der Waals surface area contributed by atoms with Crippen molar-refractivity contribution in [3.8, 4) is 0 Å². The Morgan fingerprint density at radius 1 is 1.09 bits per heavy atom. The molecule has 2 aromatic rings. The molecule has 0 aromatic heterocycles. The molecule has 0 saturated carbocycles. The second kappa shape index (κ2) is 7.37. The number of hydrogen-bond acceptors (Lipinski definition) is 2. The first-order valence-electron chi connectivity index (χ1n) is 7.93. The van der Waals surface area contributed by atoms with Crippen LogP contribution in [-0.4, -0.2) is 5.78 Å². The zero-order valence-corrected chi connectivity index (χ0v) is 13.7. The van der Waals surface area contributed by atoms with Crippen LogP contribution in [0.2, 0.25) is 0 Å². The van der Waals surface area contributed by atoms with Crippen LogP contribution in [0.4, 0.5) is 0 Å². The van der Waals surface area contributed by atoms with Gasteiger partial charge in [-0.25, -0.2) is 0 Å². The average molecular weight is 295 g/mol. The van der Waals surface area contributed by atoms with Crippen molar-refractivity contribution in [3.63, 3.8) is 0 Å². The molecule has 0 amide bonds. The molecule has 0 radical (unpaired) electrons. The van der Waals surface area contributed by atoms with Gasteiger partial charge in [-0.2, -0.15) is 0 Å². The molecule has 0 fully saturated rings. The van der Waals surface area contributed by atoms with Crippen LogP contribution in [0.15, 0.2) is 48.5 Å². The van der Waals surface area contributed by atoms with Gasteiger partial charge in [0, 0.05) is 18.0 Å². The molecule has 116 valence electrons. The van der Waals surface area contributed by atoms with Gasteiger partial charge >= 0.3 is 0 Å². The summed E-state index contributed by atoms with van der Waals surface area (Å²) in [6.45, 7) is 6.27. The van der Waals surface area contributed by atoms with Crippen molar-refractivity contribution in [2.24, 2.45) is 5.73 Å². The largest absolute Gasteiger partial charge is 0.324 e. The molecular weight excluding hydrogens is 270 g/mol. The van der Waals surface area contributed by atoms with Crippen molar-refractivity contribution < 1.29 is 4.79 Å². The number of hydrogen-bond donors (Lipinski definition) is 1. The number of rotatable bonds is 6. The first-order chi connectivity index (χ1) is 10.5. The molecule has 0 aliphatic heterocycles. The molecule has 2 N–H and O–H groups in total. The Hall–Kier alpha value is -1.93. The molecule has 0 heterocycles. The fourth-order valence-corrected chi connectivity index (χ4v) is 2.70. The van der Waals surface area contributed by atoms with Gasteiger partial charge in [-0.1, -0.05) is 61.9 Å². The van der Waals surface area contributed by atoms with Crippen molar-refractivity contribution in [1.82, 2.24) is 0 Å². The van der Waals surface area contributed by atoms with Gasteiger partial charge in [-0.3, -0.25) is 4.79 Å². The van der Waals surface area contributed by atoms with Gasteiger partial charge < -0.3 is 5.73 Å². The summed E-state index contributed by atoms with van der Waals surface area (Å²) in [5, 5.41) is 0. The number of carbonyl (C=O) groups is 1. The monoisotopic (exact) mass is 295 g/mol. The van der Waals surface area contributed by atoms with Gasteiger partial charge in [0.1, 0.15) is 0 Å². The molecule has 0 spiro atoms. The standard InChI is InChI=1S/C20H25NO/c1-14(2)17-10-9-15(3)13-18(17)20(22)12-11-19(21)16-7-5-4-6-8-16/h4-10,13-14,19H,11-12,21H2,1-3H3/t19-/m1/s1. The van der Waals surface area contributed by atoms with Crippen LogP contribution in [0.25, 0.3) is 0 Å². The van der Waals surface area contributed by atoms with Crippen molar-refractivity contribution in [3.05, 3.63) is 70.8 Å². The molecule has 2 heteroatoms. The highest BCUT2D eigenvalue weighted by atomic mass is 16.1. The Morgan fingerprint density at radius 3 is 2.41 bits per heavy atom. The van der Waals surface area contributed by atoms with Crippen molar-refractivity contribution >= 4 is 5.78 Å². The predicted molar refractivity (Wildman–Crippen MR) is 92.2 cm³/mol. The van der Waals surface area contributed by atoms with E-state index < -0.39 is 0 Å². The number of aryl methyl sites for hydroxylation is 1. The molecule has 0 bridgehead atoms. The van der Waals surface area contributed by atoms with Gasteiger partial charge in [0.2, 0.25) is 0 Å². The van der Waals surface area contributed by atoms with E-state index in [-0.39, 0.29) is 11.8 Å². The maximum Gasteiger partial charge on any atom is 0.163 e. The second-order valence-corrected chi connectivity index (χ2v) is 6.22. The van der Waals surface area contributed by atoms with Crippen LogP contribution in [0.3, 0.4) is 0 Å². The van der Waals surface area contributed by atoms with Gasteiger partial charge in [0.15, 0.2) is 5.78 Å². The average Bonchev–Trinajstić information content (AvgIpc) is 2.52. The Morgan fingerprint density at radius 2 is 1.77 bits per heavy atom. The van der Waals surface area contributed by atoms with E-state index in [1.807, 2.05) is 43.3 Å². The Kier molecular flexibility index (Phi) is 5.51. The lowest BCUT2D eigenvalue weighted by molar-refractivity contribution is 0.0976. The summed E-state index contributed by atoms with van der Waals surface area (Å²) >= 11 is 0. The zero-order chi connectivity index (χ0) is 16.1. The van der Waals surface area contributed by atoms with Crippen LogP contribution in [-0.2, 0) is 0 Å². The third-order valence-electron chi connectivity index (χ3n) is 4.04. The van der Waals surface area contributed by atoms with E-state index in [2.05, 4.69) is 26.0 Å². The van der Waals surface area contributed by atoms with Gasteiger partial charge in [-0.15, -0.1) is 0 Å². The molecule has 0 unspecified atom stereocenters. The summed E-state index contributed by atoms with van der Waals surface area (Å²) in [4.78, 5) is 12.6. The summed E-state index contributed by atoms with van der Waals surface area (Å²) in [7, 11) is 0. The normalized spacial score (nSPS) is 12.4.